The Kier molecular flexibility index (Phi) is 3.98. The molecule has 1 atom stereocenters. The van der Waals surface area contributed by atoms with Crippen LogP contribution in [0.2, 0.25) is 0 Å². The topological polar surface area (TPSA) is 24.5 Å². The van der Waals surface area contributed by atoms with E-state index in [2.05, 4.69) is 42.3 Å². The van der Waals surface area contributed by atoms with Crippen molar-refractivity contribution in [1.29, 1.82) is 0 Å². The first-order chi connectivity index (χ1) is 10.0. The molecule has 1 aromatic carbocycles. The molecule has 1 unspecified atom stereocenters. The van der Waals surface area contributed by atoms with Crippen molar-refractivity contribution in [2.24, 2.45) is 5.41 Å². The molecule has 0 aromatic heterocycles. The SMILES string of the molecule is COc1ccccc1C(C)(C)CN1CCC2(CCNC2)C1. The second-order valence-electron chi connectivity index (χ2n) is 7.47. The van der Waals surface area contributed by atoms with Crippen LogP contribution in [0.1, 0.15) is 32.3 Å². The fourth-order valence-corrected chi connectivity index (χ4v) is 4.15. The Morgan fingerprint density at radius 2 is 2.10 bits per heavy atom. The number of nitrogens with zero attached hydrogens (tertiary/aromatic N) is 1. The number of hydrogen-bond acceptors (Lipinski definition) is 3. The maximum Gasteiger partial charge on any atom is 0.122 e. The van der Waals surface area contributed by atoms with Gasteiger partial charge < -0.3 is 15.0 Å². The maximum absolute atomic E-state index is 5.56. The van der Waals surface area contributed by atoms with Crippen molar-refractivity contribution in [3.05, 3.63) is 29.8 Å². The van der Waals surface area contributed by atoms with Gasteiger partial charge in [0.05, 0.1) is 7.11 Å². The lowest BCUT2D eigenvalue weighted by atomic mass is 9.83. The van der Waals surface area contributed by atoms with Crippen LogP contribution < -0.4 is 10.1 Å². The highest BCUT2D eigenvalue weighted by molar-refractivity contribution is 5.39. The van der Waals surface area contributed by atoms with Crippen molar-refractivity contribution in [2.75, 3.05) is 39.8 Å². The zero-order valence-corrected chi connectivity index (χ0v) is 13.6. The fourth-order valence-electron chi connectivity index (χ4n) is 4.15. The first kappa shape index (κ1) is 14.9. The highest BCUT2D eigenvalue weighted by atomic mass is 16.5. The predicted molar refractivity (Wildman–Crippen MR) is 87.0 cm³/mol. The average molecular weight is 288 g/mol. The highest BCUT2D eigenvalue weighted by Crippen LogP contribution is 2.39. The van der Waals surface area contributed by atoms with Crippen molar-refractivity contribution in [3.63, 3.8) is 0 Å². The molecule has 1 spiro atoms. The van der Waals surface area contributed by atoms with E-state index in [0.29, 0.717) is 5.41 Å². The molecule has 0 aliphatic carbocycles. The summed E-state index contributed by atoms with van der Waals surface area (Å²) in [5, 5.41) is 3.54. The Morgan fingerprint density at radius 3 is 2.81 bits per heavy atom. The van der Waals surface area contributed by atoms with Crippen LogP contribution in [-0.4, -0.2) is 44.7 Å². The molecule has 116 valence electrons. The standard InChI is InChI=1S/C18H28N2O/c1-17(2,15-6-4-5-7-16(15)21-3)13-20-11-9-18(14-20)8-10-19-12-18/h4-7,19H,8-14H2,1-3H3. The quantitative estimate of drug-likeness (QED) is 0.922. The van der Waals surface area contributed by atoms with Gasteiger partial charge in [0.1, 0.15) is 5.75 Å². The zero-order chi connectivity index (χ0) is 14.9. The lowest BCUT2D eigenvalue weighted by Crippen LogP contribution is -2.37. The third-order valence-electron chi connectivity index (χ3n) is 5.30. The minimum atomic E-state index is 0.115. The zero-order valence-electron chi connectivity index (χ0n) is 13.6. The number of nitrogens with one attached hydrogen (secondary N) is 1. The van der Waals surface area contributed by atoms with Gasteiger partial charge in [0.25, 0.3) is 0 Å². The molecule has 0 radical (unpaired) electrons. The Labute approximate surface area is 128 Å². The summed E-state index contributed by atoms with van der Waals surface area (Å²) in [6, 6.07) is 8.45. The van der Waals surface area contributed by atoms with Crippen LogP contribution >= 0.6 is 0 Å². The average Bonchev–Trinajstić information content (AvgIpc) is 3.09. The van der Waals surface area contributed by atoms with Gasteiger partial charge in [-0.05, 0) is 37.4 Å². The van der Waals surface area contributed by atoms with E-state index >= 15 is 0 Å². The molecule has 1 aromatic rings. The Bertz CT molecular complexity index is 492. The molecule has 2 heterocycles. The number of methoxy groups -OCH3 is 1. The third-order valence-corrected chi connectivity index (χ3v) is 5.30. The Morgan fingerprint density at radius 1 is 1.29 bits per heavy atom. The van der Waals surface area contributed by atoms with Gasteiger partial charge in [-0.25, -0.2) is 0 Å². The van der Waals surface area contributed by atoms with E-state index < -0.39 is 0 Å². The first-order valence-electron chi connectivity index (χ1n) is 8.11. The van der Waals surface area contributed by atoms with E-state index in [1.807, 2.05) is 6.07 Å². The Hall–Kier alpha value is -1.06. The van der Waals surface area contributed by atoms with Crippen molar-refractivity contribution < 1.29 is 4.74 Å². The number of likely N-dealkylation sites (tertiary alicyclic amines) is 1. The van der Waals surface area contributed by atoms with Crippen LogP contribution in [0, 0.1) is 5.41 Å². The number of rotatable bonds is 4. The van der Waals surface area contributed by atoms with Crippen LogP contribution in [0.4, 0.5) is 0 Å². The van der Waals surface area contributed by atoms with Crippen molar-refractivity contribution in [1.82, 2.24) is 10.2 Å². The van der Waals surface area contributed by atoms with E-state index in [1.165, 1.54) is 44.6 Å². The molecular formula is C18H28N2O. The predicted octanol–water partition coefficient (Wildman–Crippen LogP) is 2.66. The second-order valence-corrected chi connectivity index (χ2v) is 7.47. The molecule has 0 bridgehead atoms. The van der Waals surface area contributed by atoms with E-state index in [-0.39, 0.29) is 5.41 Å². The summed E-state index contributed by atoms with van der Waals surface area (Å²) in [4.78, 5) is 2.65. The molecule has 2 fully saturated rings. The third kappa shape index (κ3) is 2.95. The number of ether oxygens (including phenoxy) is 1. The molecule has 2 aliphatic heterocycles. The molecule has 3 nitrogen and oxygen atoms in total. The van der Waals surface area contributed by atoms with Crippen LogP contribution in [0.15, 0.2) is 24.3 Å². The van der Waals surface area contributed by atoms with Gasteiger partial charge in [-0.2, -0.15) is 0 Å². The van der Waals surface area contributed by atoms with Gasteiger partial charge >= 0.3 is 0 Å². The van der Waals surface area contributed by atoms with Gasteiger partial charge in [-0.3, -0.25) is 0 Å². The van der Waals surface area contributed by atoms with Gasteiger partial charge in [0.15, 0.2) is 0 Å². The van der Waals surface area contributed by atoms with E-state index in [1.54, 1.807) is 7.11 Å². The maximum atomic E-state index is 5.56. The largest absolute Gasteiger partial charge is 0.496 e. The van der Waals surface area contributed by atoms with Gasteiger partial charge in [0.2, 0.25) is 0 Å². The second kappa shape index (κ2) is 5.62. The smallest absolute Gasteiger partial charge is 0.122 e. The van der Waals surface area contributed by atoms with Crippen molar-refractivity contribution in [2.45, 2.75) is 32.1 Å². The summed E-state index contributed by atoms with van der Waals surface area (Å²) in [6.45, 7) is 10.7. The molecular weight excluding hydrogens is 260 g/mol. The minimum Gasteiger partial charge on any atom is -0.496 e. The van der Waals surface area contributed by atoms with E-state index in [4.69, 9.17) is 4.74 Å². The summed E-state index contributed by atoms with van der Waals surface area (Å²) < 4.78 is 5.56. The molecule has 3 heteroatoms. The molecule has 0 saturated carbocycles. The van der Waals surface area contributed by atoms with E-state index in [9.17, 15) is 0 Å². The van der Waals surface area contributed by atoms with Crippen LogP contribution in [-0.2, 0) is 5.41 Å². The fraction of sp³-hybridized carbons (Fsp3) is 0.667. The summed E-state index contributed by atoms with van der Waals surface area (Å²) in [6.07, 6.45) is 2.70. The highest BCUT2D eigenvalue weighted by Gasteiger charge is 2.41. The minimum absolute atomic E-state index is 0.115. The molecule has 0 amide bonds. The summed E-state index contributed by atoms with van der Waals surface area (Å²) in [5.74, 6) is 1.01. The number of hydrogen-bond donors (Lipinski definition) is 1. The summed E-state index contributed by atoms with van der Waals surface area (Å²) in [7, 11) is 1.77. The number of benzene rings is 1. The lowest BCUT2D eigenvalue weighted by Gasteiger charge is -2.32. The number of para-hydroxylation sites is 1. The van der Waals surface area contributed by atoms with E-state index in [0.717, 1.165) is 12.3 Å². The summed E-state index contributed by atoms with van der Waals surface area (Å²) >= 11 is 0. The lowest BCUT2D eigenvalue weighted by molar-refractivity contribution is 0.231. The molecule has 3 rings (SSSR count). The molecule has 2 saturated heterocycles. The van der Waals surface area contributed by atoms with Crippen LogP contribution in [0.25, 0.3) is 0 Å². The molecule has 2 aliphatic rings. The van der Waals surface area contributed by atoms with Crippen molar-refractivity contribution >= 4 is 0 Å². The summed E-state index contributed by atoms with van der Waals surface area (Å²) in [5.41, 5.74) is 1.99. The molecule has 1 N–H and O–H groups in total. The van der Waals surface area contributed by atoms with Crippen molar-refractivity contribution in [3.8, 4) is 5.75 Å². The normalized spacial score (nSPS) is 26.6. The van der Waals surface area contributed by atoms with Gasteiger partial charge in [-0.15, -0.1) is 0 Å². The Balaban J connectivity index is 1.71. The first-order valence-corrected chi connectivity index (χ1v) is 8.11. The van der Waals surface area contributed by atoms with Crippen LogP contribution in [0.5, 0.6) is 5.75 Å². The monoisotopic (exact) mass is 288 g/mol. The van der Waals surface area contributed by atoms with Gasteiger partial charge in [-0.1, -0.05) is 32.0 Å². The van der Waals surface area contributed by atoms with Gasteiger partial charge in [0, 0.05) is 30.6 Å². The molecule has 21 heavy (non-hydrogen) atoms. The van der Waals surface area contributed by atoms with Crippen LogP contribution in [0.3, 0.4) is 0 Å².